The Morgan fingerprint density at radius 3 is 2.72 bits per heavy atom. The average Bonchev–Trinajstić information content (AvgIpc) is 3.11. The molecule has 0 saturated carbocycles. The molecular formula is C19H23N7O3. The van der Waals surface area contributed by atoms with Gasteiger partial charge < -0.3 is 25.3 Å². The maximum atomic E-state index is 13.1. The summed E-state index contributed by atoms with van der Waals surface area (Å²) in [4.78, 5) is 35.7. The van der Waals surface area contributed by atoms with Crippen molar-refractivity contribution in [3.05, 3.63) is 40.2 Å². The molecule has 1 amide bonds. The van der Waals surface area contributed by atoms with Crippen molar-refractivity contribution in [2.75, 3.05) is 31.1 Å². The van der Waals surface area contributed by atoms with Crippen molar-refractivity contribution in [3.8, 4) is 11.8 Å². The lowest BCUT2D eigenvalue weighted by Crippen LogP contribution is -2.44. The lowest BCUT2D eigenvalue weighted by Gasteiger charge is -2.28. The minimum Gasteiger partial charge on any atom is -0.425 e. The van der Waals surface area contributed by atoms with Crippen LogP contribution in [0.1, 0.15) is 17.3 Å². The molecule has 1 aliphatic rings. The van der Waals surface area contributed by atoms with Gasteiger partial charge in [-0.3, -0.25) is 14.2 Å². The SMILES string of the molecule is CCn1c(N2CCNCC2)nc2nc(Oc3cccc(C(N)=O)c3)n(C)c(=O)c21. The van der Waals surface area contributed by atoms with Crippen molar-refractivity contribution in [3.63, 3.8) is 0 Å². The van der Waals surface area contributed by atoms with Crippen molar-refractivity contribution >= 4 is 23.0 Å². The van der Waals surface area contributed by atoms with Crippen molar-refractivity contribution < 1.29 is 9.53 Å². The molecule has 3 N–H and O–H groups in total. The van der Waals surface area contributed by atoms with Crippen LogP contribution in [-0.2, 0) is 13.6 Å². The van der Waals surface area contributed by atoms with Gasteiger partial charge in [0.2, 0.25) is 11.9 Å². The van der Waals surface area contributed by atoms with Gasteiger partial charge in [-0.15, -0.1) is 0 Å². The number of amides is 1. The second kappa shape index (κ2) is 7.55. The van der Waals surface area contributed by atoms with Crippen LogP contribution < -0.4 is 26.2 Å². The fourth-order valence-electron chi connectivity index (χ4n) is 3.44. The van der Waals surface area contributed by atoms with Crippen molar-refractivity contribution in [2.24, 2.45) is 12.8 Å². The number of aryl methyl sites for hydroxylation is 1. The summed E-state index contributed by atoms with van der Waals surface area (Å²) in [7, 11) is 1.60. The van der Waals surface area contributed by atoms with Crippen LogP contribution in [0.3, 0.4) is 0 Å². The quantitative estimate of drug-likeness (QED) is 0.641. The minimum absolute atomic E-state index is 0.0942. The molecule has 10 nitrogen and oxygen atoms in total. The minimum atomic E-state index is -0.560. The van der Waals surface area contributed by atoms with E-state index in [-0.39, 0.29) is 11.6 Å². The number of fused-ring (bicyclic) bond motifs is 1. The number of hydrogen-bond donors (Lipinski definition) is 2. The normalized spacial score (nSPS) is 14.3. The number of nitrogens with two attached hydrogens (primary N) is 1. The van der Waals surface area contributed by atoms with Crippen LogP contribution in [0.2, 0.25) is 0 Å². The van der Waals surface area contributed by atoms with Crippen LogP contribution in [0, 0.1) is 0 Å². The standard InChI is InChI=1S/C19H23N7O3/c1-3-26-14-16(22-18(26)25-9-7-21-8-10-25)23-19(24(2)17(14)28)29-13-6-4-5-12(11-13)15(20)27/h4-6,11,21H,3,7-10H2,1-2H3,(H2,20,27). The Bertz CT molecular complexity index is 1130. The van der Waals surface area contributed by atoms with Gasteiger partial charge in [0.15, 0.2) is 11.2 Å². The third-order valence-corrected chi connectivity index (χ3v) is 4.97. The summed E-state index contributed by atoms with van der Waals surface area (Å²) < 4.78 is 9.03. The van der Waals surface area contributed by atoms with E-state index >= 15 is 0 Å². The first-order chi connectivity index (χ1) is 14.0. The second-order valence-electron chi connectivity index (χ2n) is 6.82. The number of primary amides is 1. The van der Waals surface area contributed by atoms with Gasteiger partial charge in [-0.05, 0) is 25.1 Å². The van der Waals surface area contributed by atoms with Gasteiger partial charge in [0.25, 0.3) is 5.56 Å². The number of anilines is 1. The number of hydrogen-bond acceptors (Lipinski definition) is 7. The molecule has 0 unspecified atom stereocenters. The van der Waals surface area contributed by atoms with Crippen LogP contribution >= 0.6 is 0 Å². The number of carbonyl (C=O) groups is 1. The number of benzene rings is 1. The van der Waals surface area contributed by atoms with Crippen molar-refractivity contribution in [2.45, 2.75) is 13.5 Å². The van der Waals surface area contributed by atoms with E-state index in [1.807, 2.05) is 11.5 Å². The highest BCUT2D eigenvalue weighted by atomic mass is 16.5. The monoisotopic (exact) mass is 397 g/mol. The summed E-state index contributed by atoms with van der Waals surface area (Å²) in [6, 6.07) is 6.51. The zero-order chi connectivity index (χ0) is 20.5. The van der Waals surface area contributed by atoms with Crippen LogP contribution in [0.15, 0.2) is 29.1 Å². The molecule has 152 valence electrons. The zero-order valence-corrected chi connectivity index (χ0v) is 16.4. The number of rotatable bonds is 5. The van der Waals surface area contributed by atoms with Crippen LogP contribution in [0.4, 0.5) is 5.95 Å². The number of nitrogens with one attached hydrogen (secondary N) is 1. The Kier molecular flexibility index (Phi) is 4.93. The Balaban J connectivity index is 1.79. The zero-order valence-electron chi connectivity index (χ0n) is 16.4. The highest BCUT2D eigenvalue weighted by Crippen LogP contribution is 2.24. The number of aromatic nitrogens is 4. The molecule has 1 aliphatic heterocycles. The summed E-state index contributed by atoms with van der Waals surface area (Å²) in [5, 5.41) is 3.31. The lowest BCUT2D eigenvalue weighted by atomic mass is 10.2. The first-order valence-corrected chi connectivity index (χ1v) is 9.50. The number of carbonyl (C=O) groups excluding carboxylic acids is 1. The van der Waals surface area contributed by atoms with E-state index < -0.39 is 5.91 Å². The predicted molar refractivity (Wildman–Crippen MR) is 109 cm³/mol. The molecular weight excluding hydrogens is 374 g/mol. The highest BCUT2D eigenvalue weighted by Gasteiger charge is 2.23. The van der Waals surface area contributed by atoms with Gasteiger partial charge in [-0.25, -0.2) is 0 Å². The third kappa shape index (κ3) is 3.42. The summed E-state index contributed by atoms with van der Waals surface area (Å²) in [5.74, 6) is 0.539. The van der Waals surface area contributed by atoms with Crippen LogP contribution in [0.5, 0.6) is 11.8 Å². The van der Waals surface area contributed by atoms with Crippen LogP contribution in [-0.4, -0.2) is 51.2 Å². The van der Waals surface area contributed by atoms with E-state index in [1.54, 1.807) is 25.2 Å². The van der Waals surface area contributed by atoms with E-state index in [2.05, 4.69) is 20.2 Å². The molecule has 1 saturated heterocycles. The largest absolute Gasteiger partial charge is 0.425 e. The van der Waals surface area contributed by atoms with Gasteiger partial charge in [-0.1, -0.05) is 6.07 Å². The number of nitrogens with zero attached hydrogens (tertiary/aromatic N) is 5. The Morgan fingerprint density at radius 2 is 2.03 bits per heavy atom. The first-order valence-electron chi connectivity index (χ1n) is 9.50. The fraction of sp³-hybridized carbons (Fsp3) is 0.368. The number of piperazine rings is 1. The topological polar surface area (TPSA) is 120 Å². The lowest BCUT2D eigenvalue weighted by molar-refractivity contribution is 0.1000. The highest BCUT2D eigenvalue weighted by molar-refractivity contribution is 5.93. The molecule has 4 rings (SSSR count). The molecule has 1 fully saturated rings. The molecule has 0 bridgehead atoms. The van der Waals surface area contributed by atoms with E-state index in [0.29, 0.717) is 29.0 Å². The molecule has 29 heavy (non-hydrogen) atoms. The summed E-state index contributed by atoms with van der Waals surface area (Å²) >= 11 is 0. The average molecular weight is 397 g/mol. The maximum absolute atomic E-state index is 13.1. The van der Waals surface area contributed by atoms with Crippen molar-refractivity contribution in [1.82, 2.24) is 24.4 Å². The first kappa shape index (κ1) is 18.9. The summed E-state index contributed by atoms with van der Waals surface area (Å²) in [6.07, 6.45) is 0. The molecule has 3 heterocycles. The molecule has 0 aliphatic carbocycles. The van der Waals surface area contributed by atoms with Gasteiger partial charge in [-0.2, -0.15) is 9.97 Å². The number of imidazole rings is 1. The van der Waals surface area contributed by atoms with Crippen LogP contribution in [0.25, 0.3) is 11.2 Å². The van der Waals surface area contributed by atoms with Gasteiger partial charge >= 0.3 is 6.01 Å². The number of ether oxygens (including phenoxy) is 1. The third-order valence-electron chi connectivity index (χ3n) is 4.97. The van der Waals surface area contributed by atoms with Gasteiger partial charge in [0.05, 0.1) is 0 Å². The summed E-state index contributed by atoms with van der Waals surface area (Å²) in [6.45, 7) is 5.94. The van der Waals surface area contributed by atoms with Crippen molar-refractivity contribution in [1.29, 1.82) is 0 Å². The molecule has 3 aromatic rings. The smallest absolute Gasteiger partial charge is 0.306 e. The van der Waals surface area contributed by atoms with E-state index in [4.69, 9.17) is 10.5 Å². The molecule has 10 heteroatoms. The summed E-state index contributed by atoms with van der Waals surface area (Å²) in [5.41, 5.74) is 6.17. The molecule has 0 radical (unpaired) electrons. The molecule has 0 spiro atoms. The molecule has 1 aromatic carbocycles. The maximum Gasteiger partial charge on any atom is 0.306 e. The van der Waals surface area contributed by atoms with E-state index in [1.165, 1.54) is 10.6 Å². The van der Waals surface area contributed by atoms with E-state index in [0.717, 1.165) is 32.1 Å². The van der Waals surface area contributed by atoms with Gasteiger partial charge in [0, 0.05) is 45.3 Å². The molecule has 0 atom stereocenters. The Morgan fingerprint density at radius 1 is 1.28 bits per heavy atom. The Hall–Kier alpha value is -3.40. The molecule has 2 aromatic heterocycles. The van der Waals surface area contributed by atoms with Gasteiger partial charge in [0.1, 0.15) is 5.75 Å². The predicted octanol–water partition coefficient (Wildman–Crippen LogP) is 0.451. The fourth-order valence-corrected chi connectivity index (χ4v) is 3.44. The van der Waals surface area contributed by atoms with E-state index in [9.17, 15) is 9.59 Å². The Labute approximate surface area is 166 Å². The second-order valence-corrected chi connectivity index (χ2v) is 6.82.